The zero-order chi connectivity index (χ0) is 14.7. The molecule has 0 aromatic rings. The van der Waals surface area contributed by atoms with Crippen LogP contribution in [0.1, 0.15) is 59.8 Å². The van der Waals surface area contributed by atoms with Crippen LogP contribution in [0, 0.1) is 5.92 Å². The third kappa shape index (κ3) is 6.42. The Kier molecular flexibility index (Phi) is 10.9. The Balaban J connectivity index is 0.000000741. The number of nitrogens with zero attached hydrogens (tertiary/aromatic N) is 2. The highest BCUT2D eigenvalue weighted by Gasteiger charge is 2.27. The minimum atomic E-state index is 0.349. The standard InChI is InChI=1S/C12H22N2O.2C2H6/c1-13-7-9-14(10-8-13)12(15)11-5-3-2-4-6-11;2*1-2/h11H,2-10H2,1H3;2*1-2H3. The molecule has 1 amide bonds. The third-order valence-corrected chi connectivity index (χ3v) is 3.77. The van der Waals surface area contributed by atoms with Crippen LogP contribution in [-0.4, -0.2) is 48.9 Å². The summed E-state index contributed by atoms with van der Waals surface area (Å²) in [6, 6.07) is 0. The Morgan fingerprint density at radius 3 is 1.79 bits per heavy atom. The van der Waals surface area contributed by atoms with Gasteiger partial charge in [0.2, 0.25) is 5.91 Å². The number of amides is 1. The van der Waals surface area contributed by atoms with Gasteiger partial charge in [-0.15, -0.1) is 0 Å². The molecule has 114 valence electrons. The zero-order valence-electron chi connectivity index (χ0n) is 13.7. The van der Waals surface area contributed by atoms with E-state index in [0.29, 0.717) is 11.8 Å². The third-order valence-electron chi connectivity index (χ3n) is 3.77. The SMILES string of the molecule is CC.CC.CN1CCN(C(=O)C2CCCCC2)CC1. The van der Waals surface area contributed by atoms with Gasteiger partial charge in [-0.1, -0.05) is 47.0 Å². The molecule has 3 nitrogen and oxygen atoms in total. The van der Waals surface area contributed by atoms with E-state index >= 15 is 0 Å². The minimum Gasteiger partial charge on any atom is -0.340 e. The fraction of sp³-hybridized carbons (Fsp3) is 0.938. The number of carbonyl (C=O) groups excluding carboxylic acids is 1. The van der Waals surface area contributed by atoms with E-state index in [9.17, 15) is 4.79 Å². The van der Waals surface area contributed by atoms with Gasteiger partial charge < -0.3 is 9.80 Å². The molecule has 0 aromatic carbocycles. The van der Waals surface area contributed by atoms with Crippen molar-refractivity contribution in [3.05, 3.63) is 0 Å². The van der Waals surface area contributed by atoms with Crippen molar-refractivity contribution in [2.24, 2.45) is 5.92 Å². The van der Waals surface area contributed by atoms with Gasteiger partial charge in [0.15, 0.2) is 0 Å². The summed E-state index contributed by atoms with van der Waals surface area (Å²) in [7, 11) is 2.13. The van der Waals surface area contributed by atoms with Gasteiger partial charge >= 0.3 is 0 Å². The average Bonchev–Trinajstić information content (AvgIpc) is 2.52. The summed E-state index contributed by atoms with van der Waals surface area (Å²) in [5.74, 6) is 0.782. The molecule has 0 unspecified atom stereocenters. The van der Waals surface area contributed by atoms with Crippen molar-refractivity contribution in [1.82, 2.24) is 9.80 Å². The number of rotatable bonds is 1. The topological polar surface area (TPSA) is 23.6 Å². The van der Waals surface area contributed by atoms with Crippen molar-refractivity contribution >= 4 is 5.91 Å². The van der Waals surface area contributed by atoms with Crippen molar-refractivity contribution in [2.75, 3.05) is 33.2 Å². The van der Waals surface area contributed by atoms with Crippen molar-refractivity contribution in [1.29, 1.82) is 0 Å². The molecule has 2 rings (SSSR count). The van der Waals surface area contributed by atoms with Crippen molar-refractivity contribution < 1.29 is 4.79 Å². The molecule has 2 aliphatic rings. The highest BCUT2D eigenvalue weighted by molar-refractivity contribution is 5.79. The summed E-state index contributed by atoms with van der Waals surface area (Å²) in [4.78, 5) is 16.5. The molecule has 0 radical (unpaired) electrons. The second-order valence-corrected chi connectivity index (χ2v) is 4.96. The summed E-state index contributed by atoms with van der Waals surface area (Å²) in [6.45, 7) is 12.0. The minimum absolute atomic E-state index is 0.349. The Labute approximate surface area is 120 Å². The number of hydrogen-bond acceptors (Lipinski definition) is 2. The van der Waals surface area contributed by atoms with Crippen LogP contribution in [0.3, 0.4) is 0 Å². The number of carbonyl (C=O) groups is 1. The summed E-state index contributed by atoms with van der Waals surface area (Å²) < 4.78 is 0. The lowest BCUT2D eigenvalue weighted by atomic mass is 9.88. The molecule has 1 saturated heterocycles. The summed E-state index contributed by atoms with van der Waals surface area (Å²) in [5, 5.41) is 0. The molecule has 0 spiro atoms. The molecular formula is C16H34N2O. The van der Waals surface area contributed by atoms with E-state index < -0.39 is 0 Å². The quantitative estimate of drug-likeness (QED) is 0.729. The Hall–Kier alpha value is -0.570. The normalized spacial score (nSPS) is 20.8. The zero-order valence-corrected chi connectivity index (χ0v) is 13.7. The van der Waals surface area contributed by atoms with Crippen LogP contribution in [0.4, 0.5) is 0 Å². The molecule has 0 bridgehead atoms. The predicted molar refractivity (Wildman–Crippen MR) is 83.3 cm³/mol. The smallest absolute Gasteiger partial charge is 0.225 e. The van der Waals surface area contributed by atoms with E-state index in [1.807, 2.05) is 27.7 Å². The molecule has 0 atom stereocenters. The first-order valence-corrected chi connectivity index (χ1v) is 8.25. The second kappa shape index (κ2) is 11.3. The van der Waals surface area contributed by atoms with Gasteiger partial charge in [-0.05, 0) is 19.9 Å². The van der Waals surface area contributed by atoms with Gasteiger partial charge in [0.25, 0.3) is 0 Å². The van der Waals surface area contributed by atoms with Gasteiger partial charge in [-0.2, -0.15) is 0 Å². The lowest BCUT2D eigenvalue weighted by Crippen LogP contribution is -2.49. The number of likely N-dealkylation sites (N-methyl/N-ethyl adjacent to an activating group) is 1. The molecule has 0 N–H and O–H groups in total. The molecule has 2 fully saturated rings. The van der Waals surface area contributed by atoms with Crippen LogP contribution in [0.5, 0.6) is 0 Å². The highest BCUT2D eigenvalue weighted by Crippen LogP contribution is 2.25. The van der Waals surface area contributed by atoms with E-state index in [2.05, 4.69) is 16.8 Å². The van der Waals surface area contributed by atoms with E-state index in [4.69, 9.17) is 0 Å². The second-order valence-electron chi connectivity index (χ2n) is 4.96. The first kappa shape index (κ1) is 18.4. The first-order chi connectivity index (χ1) is 9.27. The maximum Gasteiger partial charge on any atom is 0.225 e. The largest absolute Gasteiger partial charge is 0.340 e. The van der Waals surface area contributed by atoms with Crippen LogP contribution in [0.2, 0.25) is 0 Å². The van der Waals surface area contributed by atoms with E-state index in [1.165, 1.54) is 19.3 Å². The van der Waals surface area contributed by atoms with Crippen LogP contribution < -0.4 is 0 Å². The molecule has 3 heteroatoms. The van der Waals surface area contributed by atoms with Crippen LogP contribution in [0.25, 0.3) is 0 Å². The summed E-state index contributed by atoms with van der Waals surface area (Å²) >= 11 is 0. The van der Waals surface area contributed by atoms with Gasteiger partial charge in [-0.25, -0.2) is 0 Å². The maximum atomic E-state index is 12.2. The highest BCUT2D eigenvalue weighted by atomic mass is 16.2. The van der Waals surface area contributed by atoms with E-state index in [1.54, 1.807) is 0 Å². The molecule has 1 heterocycles. The monoisotopic (exact) mass is 270 g/mol. The first-order valence-electron chi connectivity index (χ1n) is 8.25. The molecule has 1 aliphatic carbocycles. The fourth-order valence-electron chi connectivity index (χ4n) is 2.63. The summed E-state index contributed by atoms with van der Waals surface area (Å²) in [6.07, 6.45) is 6.09. The molecule has 19 heavy (non-hydrogen) atoms. The Morgan fingerprint density at radius 2 is 1.32 bits per heavy atom. The van der Waals surface area contributed by atoms with Gasteiger partial charge in [0, 0.05) is 32.1 Å². The van der Waals surface area contributed by atoms with Crippen molar-refractivity contribution in [2.45, 2.75) is 59.8 Å². The predicted octanol–water partition coefficient (Wildman–Crippen LogP) is 3.39. The summed E-state index contributed by atoms with van der Waals surface area (Å²) in [5.41, 5.74) is 0. The molecule has 1 saturated carbocycles. The van der Waals surface area contributed by atoms with Gasteiger partial charge in [-0.3, -0.25) is 4.79 Å². The number of piperazine rings is 1. The maximum absolute atomic E-state index is 12.2. The molecular weight excluding hydrogens is 236 g/mol. The van der Waals surface area contributed by atoms with Gasteiger partial charge in [0.1, 0.15) is 0 Å². The van der Waals surface area contributed by atoms with Crippen LogP contribution in [-0.2, 0) is 4.79 Å². The van der Waals surface area contributed by atoms with Crippen LogP contribution in [0.15, 0.2) is 0 Å². The van der Waals surface area contributed by atoms with Crippen molar-refractivity contribution in [3.63, 3.8) is 0 Å². The molecule has 0 aromatic heterocycles. The lowest BCUT2D eigenvalue weighted by molar-refractivity contribution is -0.138. The van der Waals surface area contributed by atoms with Crippen LogP contribution >= 0.6 is 0 Å². The van der Waals surface area contributed by atoms with Crippen molar-refractivity contribution in [3.8, 4) is 0 Å². The average molecular weight is 270 g/mol. The molecule has 1 aliphatic heterocycles. The fourth-order valence-corrected chi connectivity index (χ4v) is 2.63. The Morgan fingerprint density at radius 1 is 0.842 bits per heavy atom. The van der Waals surface area contributed by atoms with Gasteiger partial charge in [0.05, 0.1) is 0 Å². The Bertz CT molecular complexity index is 217. The van der Waals surface area contributed by atoms with E-state index in [-0.39, 0.29) is 0 Å². The van der Waals surface area contributed by atoms with E-state index in [0.717, 1.165) is 39.0 Å². The number of hydrogen-bond donors (Lipinski definition) is 0. The lowest BCUT2D eigenvalue weighted by Gasteiger charge is -2.35.